The largest absolute Gasteiger partial charge is 0.416 e. The van der Waals surface area contributed by atoms with Gasteiger partial charge in [-0.05, 0) is 54.5 Å². The molecule has 1 unspecified atom stereocenters. The Morgan fingerprint density at radius 1 is 1.11 bits per heavy atom. The summed E-state index contributed by atoms with van der Waals surface area (Å²) in [4.78, 5) is 0. The molecule has 0 saturated carbocycles. The highest BCUT2D eigenvalue weighted by atomic mass is 35.5. The van der Waals surface area contributed by atoms with Gasteiger partial charge in [0.1, 0.15) is 6.07 Å². The number of rotatable bonds is 6. The molecule has 0 heterocycles. The Hall–Kier alpha value is -2.08. The number of aryl methyl sites for hydroxylation is 2. The number of benzene rings is 2. The summed E-state index contributed by atoms with van der Waals surface area (Å²) in [5.41, 5.74) is 1.44. The summed E-state index contributed by atoms with van der Waals surface area (Å²) < 4.78 is 60.4. The minimum Gasteiger partial charge on any atom is -0.213 e. The first kappa shape index (κ1) is 32.9. The van der Waals surface area contributed by atoms with Gasteiger partial charge in [-0.1, -0.05) is 70.0 Å². The molecule has 0 aromatic heterocycles. The number of halogens is 4. The van der Waals surface area contributed by atoms with Gasteiger partial charge in [0.2, 0.25) is 10.0 Å². The van der Waals surface area contributed by atoms with E-state index in [1.54, 1.807) is 32.2 Å². The van der Waals surface area contributed by atoms with E-state index in [0.717, 1.165) is 18.1 Å². The third-order valence-electron chi connectivity index (χ3n) is 5.47. The van der Waals surface area contributed by atoms with Crippen molar-refractivity contribution in [1.29, 1.82) is 5.26 Å². The van der Waals surface area contributed by atoms with Gasteiger partial charge in [-0.25, -0.2) is 12.7 Å². The Bertz CT molecular complexity index is 1060. The molecule has 0 aliphatic heterocycles. The number of nitriles is 1. The molecular weight excluding hydrogens is 497 g/mol. The van der Waals surface area contributed by atoms with Gasteiger partial charge in [0, 0.05) is 13.6 Å². The molecule has 0 aliphatic carbocycles. The van der Waals surface area contributed by atoms with Crippen molar-refractivity contribution in [2.75, 3.05) is 19.8 Å². The average molecular weight is 533 g/mol. The van der Waals surface area contributed by atoms with Gasteiger partial charge in [-0.2, -0.15) is 18.4 Å². The van der Waals surface area contributed by atoms with Crippen molar-refractivity contribution in [2.24, 2.45) is 11.8 Å². The van der Waals surface area contributed by atoms with Gasteiger partial charge < -0.3 is 0 Å². The Balaban J connectivity index is 0.000000499. The predicted octanol–water partition coefficient (Wildman–Crippen LogP) is 7.35. The fourth-order valence-electron chi connectivity index (χ4n) is 3.09. The molecule has 35 heavy (non-hydrogen) atoms. The second-order valence-corrected chi connectivity index (χ2v) is 11.1. The molecule has 2 rings (SSSR count). The highest BCUT2D eigenvalue weighted by Gasteiger charge is 2.32. The van der Waals surface area contributed by atoms with Crippen LogP contribution in [0.2, 0.25) is 5.02 Å². The van der Waals surface area contributed by atoms with Crippen LogP contribution in [0.4, 0.5) is 13.2 Å². The fourth-order valence-corrected chi connectivity index (χ4v) is 3.83. The van der Waals surface area contributed by atoms with Crippen molar-refractivity contribution in [3.63, 3.8) is 0 Å². The number of hydrogen-bond acceptors (Lipinski definition) is 3. The molecular formula is C26H36ClF3N2O2S. The van der Waals surface area contributed by atoms with E-state index < -0.39 is 21.8 Å². The van der Waals surface area contributed by atoms with Gasteiger partial charge in [0.15, 0.2) is 0 Å². The normalized spacial score (nSPS) is 12.2. The lowest BCUT2D eigenvalue weighted by molar-refractivity contribution is -0.138. The Morgan fingerprint density at radius 3 is 2.06 bits per heavy atom. The summed E-state index contributed by atoms with van der Waals surface area (Å²) in [5.74, 6) is 0.994. The zero-order valence-corrected chi connectivity index (χ0v) is 23.0. The molecule has 0 fully saturated rings. The lowest BCUT2D eigenvalue weighted by atomic mass is 9.93. The summed E-state index contributed by atoms with van der Waals surface area (Å²) in [6, 6.07) is 13.0. The summed E-state index contributed by atoms with van der Waals surface area (Å²) in [5, 5.41) is 9.00. The van der Waals surface area contributed by atoms with Gasteiger partial charge in [-0.3, -0.25) is 0 Å². The van der Waals surface area contributed by atoms with Crippen molar-refractivity contribution in [2.45, 2.75) is 53.6 Å². The smallest absolute Gasteiger partial charge is 0.213 e. The van der Waals surface area contributed by atoms with Crippen LogP contribution in [0.15, 0.2) is 42.5 Å². The Kier molecular flexibility index (Phi) is 14.2. The van der Waals surface area contributed by atoms with Crippen LogP contribution in [0.25, 0.3) is 0 Å². The molecule has 2 aromatic carbocycles. The van der Waals surface area contributed by atoms with Crippen LogP contribution in [0, 0.1) is 30.1 Å². The Morgan fingerprint density at radius 2 is 1.69 bits per heavy atom. The third-order valence-corrected chi connectivity index (χ3v) is 7.07. The van der Waals surface area contributed by atoms with E-state index in [-0.39, 0.29) is 0 Å². The van der Waals surface area contributed by atoms with E-state index in [2.05, 4.69) is 20.8 Å². The first-order chi connectivity index (χ1) is 16.1. The number of sulfonamides is 1. The van der Waals surface area contributed by atoms with Crippen LogP contribution < -0.4 is 0 Å². The fraction of sp³-hybridized carbons (Fsp3) is 0.500. The van der Waals surface area contributed by atoms with Crippen LogP contribution in [0.5, 0.6) is 0 Å². The van der Waals surface area contributed by atoms with Crippen LogP contribution in [0.3, 0.4) is 0 Å². The van der Waals surface area contributed by atoms with Crippen molar-refractivity contribution < 1.29 is 21.6 Å². The van der Waals surface area contributed by atoms with E-state index >= 15 is 0 Å². The maximum absolute atomic E-state index is 12.2. The van der Waals surface area contributed by atoms with E-state index in [4.69, 9.17) is 16.9 Å². The maximum Gasteiger partial charge on any atom is 0.416 e. The van der Waals surface area contributed by atoms with Crippen molar-refractivity contribution in [1.82, 2.24) is 4.31 Å². The SMILES string of the molecule is CCC(CN(C)S(C)(=O)=O)C(C)C.CCc1ccccc1C(F)(F)F.Cc1ccc(C#N)c(Cl)c1. The molecule has 1 atom stereocenters. The lowest BCUT2D eigenvalue weighted by Crippen LogP contribution is -2.32. The molecule has 196 valence electrons. The number of nitrogens with zero attached hydrogens (tertiary/aromatic N) is 2. The highest BCUT2D eigenvalue weighted by molar-refractivity contribution is 7.88. The van der Waals surface area contributed by atoms with Gasteiger partial charge >= 0.3 is 6.18 Å². The molecule has 0 amide bonds. The second-order valence-electron chi connectivity index (χ2n) is 8.56. The summed E-state index contributed by atoms with van der Waals surface area (Å²) >= 11 is 5.71. The predicted molar refractivity (Wildman–Crippen MR) is 138 cm³/mol. The average Bonchev–Trinajstić information content (AvgIpc) is 2.76. The first-order valence-corrected chi connectivity index (χ1v) is 13.5. The lowest BCUT2D eigenvalue weighted by Gasteiger charge is -2.24. The molecule has 0 spiro atoms. The van der Waals surface area contributed by atoms with Gasteiger partial charge in [0.05, 0.1) is 22.4 Å². The van der Waals surface area contributed by atoms with E-state index in [0.29, 0.717) is 41.0 Å². The molecule has 0 bridgehead atoms. The summed E-state index contributed by atoms with van der Waals surface area (Å²) in [6.07, 6.45) is -1.53. The van der Waals surface area contributed by atoms with Crippen LogP contribution in [-0.4, -0.2) is 32.6 Å². The van der Waals surface area contributed by atoms with E-state index in [1.807, 2.05) is 19.1 Å². The van der Waals surface area contributed by atoms with E-state index in [9.17, 15) is 21.6 Å². The topological polar surface area (TPSA) is 61.2 Å². The summed E-state index contributed by atoms with van der Waals surface area (Å²) in [7, 11) is -1.37. The van der Waals surface area contributed by atoms with Crippen molar-refractivity contribution in [3.05, 3.63) is 69.7 Å². The first-order valence-electron chi connectivity index (χ1n) is 11.3. The van der Waals surface area contributed by atoms with Crippen molar-refractivity contribution in [3.8, 4) is 6.07 Å². The van der Waals surface area contributed by atoms with Crippen LogP contribution in [-0.2, 0) is 22.6 Å². The number of alkyl halides is 3. The molecule has 0 radical (unpaired) electrons. The molecule has 0 saturated heterocycles. The molecule has 2 aromatic rings. The maximum atomic E-state index is 12.2. The van der Waals surface area contributed by atoms with E-state index in [1.165, 1.54) is 22.7 Å². The van der Waals surface area contributed by atoms with Crippen molar-refractivity contribution >= 4 is 21.6 Å². The minimum absolute atomic E-state index is 0.352. The zero-order valence-electron chi connectivity index (χ0n) is 21.4. The molecule has 4 nitrogen and oxygen atoms in total. The van der Waals surface area contributed by atoms with Crippen LogP contribution >= 0.6 is 11.6 Å². The molecule has 0 aliphatic rings. The monoisotopic (exact) mass is 532 g/mol. The zero-order chi connectivity index (χ0) is 27.4. The molecule has 0 N–H and O–H groups in total. The quantitative estimate of drug-likeness (QED) is 0.391. The third kappa shape index (κ3) is 12.4. The summed E-state index contributed by atoms with van der Waals surface area (Å²) in [6.45, 7) is 10.6. The highest BCUT2D eigenvalue weighted by Crippen LogP contribution is 2.31. The minimum atomic E-state index is -4.22. The van der Waals surface area contributed by atoms with Crippen LogP contribution in [0.1, 0.15) is 56.4 Å². The second kappa shape index (κ2) is 15.1. The molecule has 9 heteroatoms. The number of hydrogen-bond donors (Lipinski definition) is 0. The standard InChI is InChI=1S/C9H9F3.C9H21NO2S.C8H6ClN/c1-2-7-5-3-4-6-8(7)9(10,11)12;1-6-9(8(2)3)7-10(4)13(5,11)12;1-6-2-3-7(5-10)8(9)4-6/h3-6H,2H2,1H3;8-9H,6-7H2,1-5H3;2-4H,1H3. The Labute approximate surface area is 213 Å². The van der Waals surface area contributed by atoms with Gasteiger partial charge in [-0.15, -0.1) is 0 Å². The van der Waals surface area contributed by atoms with Gasteiger partial charge in [0.25, 0.3) is 0 Å².